The van der Waals surface area contributed by atoms with Crippen molar-refractivity contribution in [3.63, 3.8) is 0 Å². The van der Waals surface area contributed by atoms with Gasteiger partial charge in [-0.05, 0) is 61.6 Å². The quantitative estimate of drug-likeness (QED) is 0.841. The van der Waals surface area contributed by atoms with Gasteiger partial charge < -0.3 is 5.32 Å². The van der Waals surface area contributed by atoms with E-state index in [0.29, 0.717) is 6.04 Å². The molecule has 2 aliphatic carbocycles. The largest absolute Gasteiger partial charge is 0.313 e. The van der Waals surface area contributed by atoms with Gasteiger partial charge in [0.05, 0.1) is 0 Å². The molecule has 1 aromatic rings. The van der Waals surface area contributed by atoms with Crippen molar-refractivity contribution in [2.24, 2.45) is 17.8 Å². The van der Waals surface area contributed by atoms with Crippen molar-refractivity contribution >= 4 is 11.3 Å². The van der Waals surface area contributed by atoms with Crippen LogP contribution >= 0.6 is 11.3 Å². The van der Waals surface area contributed by atoms with Crippen molar-refractivity contribution in [3.05, 3.63) is 21.9 Å². The monoisotopic (exact) mass is 235 g/mol. The highest BCUT2D eigenvalue weighted by Crippen LogP contribution is 2.60. The van der Waals surface area contributed by atoms with E-state index in [2.05, 4.69) is 30.7 Å². The molecule has 1 heterocycles. The predicted octanol–water partition coefficient (Wildman–Crippen LogP) is 3.75. The number of thiophene rings is 1. The lowest BCUT2D eigenvalue weighted by Crippen LogP contribution is -2.19. The molecule has 0 saturated heterocycles. The van der Waals surface area contributed by atoms with Gasteiger partial charge in [-0.1, -0.05) is 12.8 Å². The summed E-state index contributed by atoms with van der Waals surface area (Å²) in [7, 11) is 2.13. The van der Waals surface area contributed by atoms with Crippen LogP contribution in [0.3, 0.4) is 0 Å². The molecule has 16 heavy (non-hydrogen) atoms. The van der Waals surface area contributed by atoms with Gasteiger partial charge in [0.25, 0.3) is 0 Å². The maximum Gasteiger partial charge on any atom is 0.0360 e. The highest BCUT2D eigenvalue weighted by molar-refractivity contribution is 7.10. The summed E-state index contributed by atoms with van der Waals surface area (Å²) in [6, 6.07) is 2.99. The first-order valence-corrected chi connectivity index (χ1v) is 7.41. The number of hydrogen-bond acceptors (Lipinski definition) is 2. The summed E-state index contributed by atoms with van der Waals surface area (Å²) >= 11 is 1.89. The molecule has 3 atom stereocenters. The molecule has 2 fully saturated rings. The van der Waals surface area contributed by atoms with Crippen molar-refractivity contribution in [2.45, 2.75) is 38.6 Å². The molecular formula is C14H21NS. The number of hydrogen-bond donors (Lipinski definition) is 1. The number of nitrogens with one attached hydrogen (secondary N) is 1. The minimum Gasteiger partial charge on any atom is -0.313 e. The Morgan fingerprint density at radius 3 is 2.50 bits per heavy atom. The van der Waals surface area contributed by atoms with Crippen LogP contribution in [0.5, 0.6) is 0 Å². The first-order valence-electron chi connectivity index (χ1n) is 6.53. The second-order valence-electron chi connectivity index (χ2n) is 5.45. The minimum atomic E-state index is 0.623. The van der Waals surface area contributed by atoms with Crippen molar-refractivity contribution in [1.29, 1.82) is 0 Å². The van der Waals surface area contributed by atoms with E-state index in [1.165, 1.54) is 36.1 Å². The Hall–Kier alpha value is -0.340. The number of rotatable bonds is 3. The van der Waals surface area contributed by atoms with E-state index in [0.717, 1.165) is 17.8 Å². The third-order valence-corrected chi connectivity index (χ3v) is 5.41. The summed E-state index contributed by atoms with van der Waals surface area (Å²) < 4.78 is 0. The van der Waals surface area contributed by atoms with Crippen LogP contribution in [-0.4, -0.2) is 7.05 Å². The lowest BCUT2D eigenvalue weighted by atomic mass is 10.0. The zero-order valence-corrected chi connectivity index (χ0v) is 11.0. The summed E-state index contributed by atoms with van der Waals surface area (Å²) in [5.41, 5.74) is 1.53. The summed E-state index contributed by atoms with van der Waals surface area (Å²) in [4.78, 5) is 1.44. The third kappa shape index (κ3) is 1.72. The van der Waals surface area contributed by atoms with Crippen LogP contribution < -0.4 is 5.32 Å². The Bertz CT molecular complexity index is 359. The van der Waals surface area contributed by atoms with Crippen molar-refractivity contribution in [2.75, 3.05) is 7.05 Å². The topological polar surface area (TPSA) is 12.0 Å². The molecule has 88 valence electrons. The van der Waals surface area contributed by atoms with Gasteiger partial charge in [-0.25, -0.2) is 0 Å². The number of fused-ring (bicyclic) bond motifs is 1. The van der Waals surface area contributed by atoms with E-state index >= 15 is 0 Å². The summed E-state index contributed by atoms with van der Waals surface area (Å²) in [6.45, 7) is 2.21. The van der Waals surface area contributed by atoms with E-state index in [1.807, 2.05) is 11.3 Å². The molecule has 0 spiro atoms. The van der Waals surface area contributed by atoms with Gasteiger partial charge in [0.2, 0.25) is 0 Å². The highest BCUT2D eigenvalue weighted by atomic mass is 32.1. The van der Waals surface area contributed by atoms with Gasteiger partial charge >= 0.3 is 0 Å². The van der Waals surface area contributed by atoms with Gasteiger partial charge in [-0.15, -0.1) is 11.3 Å². The van der Waals surface area contributed by atoms with E-state index in [1.54, 1.807) is 0 Å². The molecule has 0 aliphatic heterocycles. The molecule has 0 bridgehead atoms. The normalized spacial score (nSPS) is 34.5. The molecule has 3 rings (SSSR count). The maximum atomic E-state index is 3.56. The molecule has 2 saturated carbocycles. The molecule has 0 radical (unpaired) electrons. The first-order chi connectivity index (χ1) is 7.81. The average Bonchev–Trinajstić information content (AvgIpc) is 2.86. The second kappa shape index (κ2) is 4.15. The molecule has 0 amide bonds. The van der Waals surface area contributed by atoms with Crippen molar-refractivity contribution in [3.8, 4) is 0 Å². The summed E-state index contributed by atoms with van der Waals surface area (Å²) in [5, 5.41) is 5.90. The Kier molecular flexibility index (Phi) is 2.80. The minimum absolute atomic E-state index is 0.623. The fourth-order valence-electron chi connectivity index (χ4n) is 3.75. The van der Waals surface area contributed by atoms with Gasteiger partial charge in [0.15, 0.2) is 0 Å². The van der Waals surface area contributed by atoms with Crippen molar-refractivity contribution < 1.29 is 0 Å². The fraction of sp³-hybridized carbons (Fsp3) is 0.714. The smallest absolute Gasteiger partial charge is 0.0360 e. The molecule has 0 aromatic carbocycles. The van der Waals surface area contributed by atoms with Crippen LogP contribution in [0, 0.1) is 24.7 Å². The van der Waals surface area contributed by atoms with Gasteiger partial charge in [0, 0.05) is 10.9 Å². The Morgan fingerprint density at radius 1 is 1.31 bits per heavy atom. The molecule has 1 N–H and O–H groups in total. The molecule has 2 heteroatoms. The second-order valence-corrected chi connectivity index (χ2v) is 6.56. The maximum absolute atomic E-state index is 3.56. The zero-order valence-electron chi connectivity index (χ0n) is 10.2. The fourth-order valence-corrected chi connectivity index (χ4v) is 4.49. The van der Waals surface area contributed by atoms with Crippen LogP contribution in [-0.2, 0) is 0 Å². The Labute approximate surface area is 102 Å². The lowest BCUT2D eigenvalue weighted by molar-refractivity contribution is 0.480. The average molecular weight is 235 g/mol. The Balaban J connectivity index is 1.77. The van der Waals surface area contributed by atoms with Crippen molar-refractivity contribution in [1.82, 2.24) is 5.32 Å². The van der Waals surface area contributed by atoms with Crippen LogP contribution in [0.15, 0.2) is 11.4 Å². The van der Waals surface area contributed by atoms with Gasteiger partial charge in [0.1, 0.15) is 0 Å². The summed E-state index contributed by atoms with van der Waals surface area (Å²) in [5.74, 6) is 3.00. The van der Waals surface area contributed by atoms with E-state index < -0.39 is 0 Å². The molecule has 1 nitrogen and oxygen atoms in total. The first kappa shape index (κ1) is 10.8. The van der Waals surface area contributed by atoms with E-state index in [-0.39, 0.29) is 0 Å². The summed E-state index contributed by atoms with van der Waals surface area (Å²) in [6.07, 6.45) is 5.90. The van der Waals surface area contributed by atoms with Crippen LogP contribution in [0.4, 0.5) is 0 Å². The van der Waals surface area contributed by atoms with Crippen LogP contribution in [0.2, 0.25) is 0 Å². The highest BCUT2D eigenvalue weighted by Gasteiger charge is 2.54. The SMILES string of the molecule is CNC(c1csc(C)c1)C1C2CCCCC21. The van der Waals surface area contributed by atoms with Crippen LogP contribution in [0.25, 0.3) is 0 Å². The van der Waals surface area contributed by atoms with Crippen LogP contribution in [0.1, 0.15) is 42.2 Å². The van der Waals surface area contributed by atoms with Gasteiger partial charge in [-0.3, -0.25) is 0 Å². The number of aryl methyl sites for hydroxylation is 1. The standard InChI is InChI=1S/C14H21NS/c1-9-7-10(8-16-9)14(15-2)13-11-5-3-4-6-12(11)13/h7-8,11-15H,3-6H2,1-2H3. The third-order valence-electron chi connectivity index (χ3n) is 4.53. The Morgan fingerprint density at radius 2 is 2.00 bits per heavy atom. The van der Waals surface area contributed by atoms with Gasteiger partial charge in [-0.2, -0.15) is 0 Å². The molecule has 2 aliphatic rings. The molecule has 1 aromatic heterocycles. The zero-order chi connectivity index (χ0) is 11.1. The molecule has 3 unspecified atom stereocenters. The lowest BCUT2D eigenvalue weighted by Gasteiger charge is -2.15. The molecular weight excluding hydrogens is 214 g/mol. The predicted molar refractivity (Wildman–Crippen MR) is 69.8 cm³/mol. The van der Waals surface area contributed by atoms with E-state index in [4.69, 9.17) is 0 Å². The van der Waals surface area contributed by atoms with E-state index in [9.17, 15) is 0 Å².